The van der Waals surface area contributed by atoms with Crippen LogP contribution in [-0.2, 0) is 17.8 Å². The molecule has 162 valence electrons. The standard InChI is InChI=1S/C22H28N4O3.HI/c1-5-29-21(28)19-12-8-17(9-13-19)15-25-22(23-2)24-14-16-6-10-18(11-7-16)20(27)26(3)4;/h6-13H,5,14-15H2,1-4H3,(H2,23,24,25);1H. The average molecular weight is 524 g/mol. The Morgan fingerprint density at radius 1 is 0.900 bits per heavy atom. The van der Waals surface area contributed by atoms with Crippen molar-refractivity contribution in [3.8, 4) is 0 Å². The molecule has 0 bridgehead atoms. The van der Waals surface area contributed by atoms with E-state index in [1.807, 2.05) is 36.4 Å². The molecule has 7 nitrogen and oxygen atoms in total. The number of rotatable bonds is 7. The van der Waals surface area contributed by atoms with E-state index in [-0.39, 0.29) is 35.9 Å². The fourth-order valence-corrected chi connectivity index (χ4v) is 2.59. The van der Waals surface area contributed by atoms with Gasteiger partial charge in [-0.15, -0.1) is 24.0 Å². The Bertz CT molecular complexity index is 850. The number of carbonyl (C=O) groups excluding carboxylic acids is 2. The summed E-state index contributed by atoms with van der Waals surface area (Å²) in [5.74, 6) is 0.326. The maximum atomic E-state index is 11.9. The van der Waals surface area contributed by atoms with Crippen LogP contribution in [0.3, 0.4) is 0 Å². The van der Waals surface area contributed by atoms with E-state index in [0.29, 0.717) is 36.8 Å². The molecule has 1 amide bonds. The predicted octanol–water partition coefficient (Wildman–Crippen LogP) is 3.05. The van der Waals surface area contributed by atoms with E-state index in [1.165, 1.54) is 0 Å². The SMILES string of the molecule is CCOC(=O)c1ccc(CNC(=NC)NCc2ccc(C(=O)N(C)C)cc2)cc1.I. The lowest BCUT2D eigenvalue weighted by atomic mass is 10.1. The van der Waals surface area contributed by atoms with Gasteiger partial charge in [-0.05, 0) is 42.3 Å². The normalized spacial score (nSPS) is 10.6. The van der Waals surface area contributed by atoms with Crippen LogP contribution in [0.1, 0.15) is 38.8 Å². The molecular weight excluding hydrogens is 495 g/mol. The van der Waals surface area contributed by atoms with Crippen LogP contribution in [0.15, 0.2) is 53.5 Å². The summed E-state index contributed by atoms with van der Waals surface area (Å²) in [5, 5.41) is 6.48. The van der Waals surface area contributed by atoms with Crippen LogP contribution in [0.5, 0.6) is 0 Å². The number of carbonyl (C=O) groups is 2. The maximum absolute atomic E-state index is 11.9. The molecule has 30 heavy (non-hydrogen) atoms. The molecule has 2 rings (SSSR count). The fraction of sp³-hybridized carbons (Fsp3) is 0.318. The summed E-state index contributed by atoms with van der Waals surface area (Å²) < 4.78 is 4.98. The average Bonchev–Trinajstić information content (AvgIpc) is 2.74. The van der Waals surface area contributed by atoms with Gasteiger partial charge in [0, 0.05) is 39.8 Å². The van der Waals surface area contributed by atoms with Gasteiger partial charge in [0.25, 0.3) is 5.91 Å². The van der Waals surface area contributed by atoms with Crippen LogP contribution in [0.25, 0.3) is 0 Å². The molecule has 0 saturated carbocycles. The van der Waals surface area contributed by atoms with E-state index >= 15 is 0 Å². The molecular formula is C22H29IN4O3. The summed E-state index contributed by atoms with van der Waals surface area (Å²) in [6.45, 7) is 3.29. The summed E-state index contributed by atoms with van der Waals surface area (Å²) >= 11 is 0. The third kappa shape index (κ3) is 7.66. The summed E-state index contributed by atoms with van der Waals surface area (Å²) in [4.78, 5) is 29.4. The number of hydrogen-bond donors (Lipinski definition) is 2. The van der Waals surface area contributed by atoms with E-state index in [0.717, 1.165) is 11.1 Å². The highest BCUT2D eigenvalue weighted by Gasteiger charge is 2.08. The molecule has 0 fully saturated rings. The number of benzene rings is 2. The van der Waals surface area contributed by atoms with Crippen LogP contribution in [0, 0.1) is 0 Å². The molecule has 0 saturated heterocycles. The fourth-order valence-electron chi connectivity index (χ4n) is 2.59. The molecule has 8 heteroatoms. The van der Waals surface area contributed by atoms with Gasteiger partial charge in [-0.3, -0.25) is 9.79 Å². The molecule has 2 aromatic rings. The highest BCUT2D eigenvalue weighted by molar-refractivity contribution is 14.0. The lowest BCUT2D eigenvalue weighted by Crippen LogP contribution is -2.36. The second-order valence-corrected chi connectivity index (χ2v) is 6.59. The molecule has 0 aromatic heterocycles. The van der Waals surface area contributed by atoms with Crippen LogP contribution in [0.2, 0.25) is 0 Å². The number of halogens is 1. The Hall–Kier alpha value is -2.62. The Morgan fingerprint density at radius 3 is 1.77 bits per heavy atom. The number of ether oxygens (including phenoxy) is 1. The van der Waals surface area contributed by atoms with E-state index in [4.69, 9.17) is 4.74 Å². The lowest BCUT2D eigenvalue weighted by Gasteiger charge is -2.13. The predicted molar refractivity (Wildman–Crippen MR) is 129 cm³/mol. The van der Waals surface area contributed by atoms with Crippen molar-refractivity contribution in [1.82, 2.24) is 15.5 Å². The monoisotopic (exact) mass is 524 g/mol. The first-order chi connectivity index (χ1) is 13.9. The largest absolute Gasteiger partial charge is 0.462 e. The first-order valence-electron chi connectivity index (χ1n) is 9.45. The zero-order valence-corrected chi connectivity index (χ0v) is 20.1. The maximum Gasteiger partial charge on any atom is 0.338 e. The highest BCUT2D eigenvalue weighted by Crippen LogP contribution is 2.07. The Kier molecular flexibility index (Phi) is 10.9. The summed E-state index contributed by atoms with van der Waals surface area (Å²) in [6, 6.07) is 14.8. The van der Waals surface area contributed by atoms with Gasteiger partial charge < -0.3 is 20.3 Å². The summed E-state index contributed by atoms with van der Waals surface area (Å²) in [6.07, 6.45) is 0. The molecule has 0 atom stereocenters. The first kappa shape index (κ1) is 25.4. The van der Waals surface area contributed by atoms with Crippen LogP contribution < -0.4 is 10.6 Å². The zero-order chi connectivity index (χ0) is 21.2. The van der Waals surface area contributed by atoms with Crippen molar-refractivity contribution in [2.75, 3.05) is 27.7 Å². The number of guanidine groups is 1. The minimum Gasteiger partial charge on any atom is -0.462 e. The highest BCUT2D eigenvalue weighted by atomic mass is 127. The van der Waals surface area contributed by atoms with Gasteiger partial charge in [-0.25, -0.2) is 4.79 Å². The van der Waals surface area contributed by atoms with Gasteiger partial charge in [0.05, 0.1) is 12.2 Å². The van der Waals surface area contributed by atoms with Crippen molar-refractivity contribution >= 4 is 41.8 Å². The first-order valence-corrected chi connectivity index (χ1v) is 9.45. The topological polar surface area (TPSA) is 83.0 Å². The number of nitrogens with one attached hydrogen (secondary N) is 2. The third-order valence-electron chi connectivity index (χ3n) is 4.22. The van der Waals surface area contributed by atoms with Crippen molar-refractivity contribution in [3.05, 3.63) is 70.8 Å². The van der Waals surface area contributed by atoms with Gasteiger partial charge in [-0.2, -0.15) is 0 Å². The molecule has 2 N–H and O–H groups in total. The molecule has 0 unspecified atom stereocenters. The van der Waals surface area contributed by atoms with Gasteiger partial charge in [-0.1, -0.05) is 24.3 Å². The number of nitrogens with zero attached hydrogens (tertiary/aromatic N) is 2. The van der Waals surface area contributed by atoms with Crippen LogP contribution in [0.4, 0.5) is 0 Å². The van der Waals surface area contributed by atoms with Crippen molar-refractivity contribution in [2.45, 2.75) is 20.0 Å². The zero-order valence-electron chi connectivity index (χ0n) is 17.8. The third-order valence-corrected chi connectivity index (χ3v) is 4.22. The Balaban J connectivity index is 0.00000450. The quantitative estimate of drug-likeness (QED) is 0.252. The van der Waals surface area contributed by atoms with Gasteiger partial charge in [0.2, 0.25) is 0 Å². The van der Waals surface area contributed by atoms with Crippen LogP contribution in [-0.4, -0.2) is 50.5 Å². The molecule has 0 heterocycles. The molecule has 0 aliphatic heterocycles. The van der Waals surface area contributed by atoms with Crippen molar-refractivity contribution in [1.29, 1.82) is 0 Å². The van der Waals surface area contributed by atoms with Crippen LogP contribution >= 0.6 is 24.0 Å². The van der Waals surface area contributed by atoms with Crippen molar-refractivity contribution < 1.29 is 14.3 Å². The smallest absolute Gasteiger partial charge is 0.338 e. The van der Waals surface area contributed by atoms with Crippen molar-refractivity contribution in [3.63, 3.8) is 0 Å². The second kappa shape index (κ2) is 12.8. The molecule has 0 aliphatic rings. The number of amides is 1. The minimum absolute atomic E-state index is 0. The van der Waals surface area contributed by atoms with E-state index in [1.54, 1.807) is 45.1 Å². The molecule has 2 aromatic carbocycles. The van der Waals surface area contributed by atoms with E-state index in [9.17, 15) is 9.59 Å². The van der Waals surface area contributed by atoms with Gasteiger partial charge >= 0.3 is 5.97 Å². The summed E-state index contributed by atoms with van der Waals surface area (Å²) in [7, 11) is 5.17. The van der Waals surface area contributed by atoms with Crippen molar-refractivity contribution in [2.24, 2.45) is 4.99 Å². The van der Waals surface area contributed by atoms with Gasteiger partial charge in [0.15, 0.2) is 5.96 Å². The van der Waals surface area contributed by atoms with Gasteiger partial charge in [0.1, 0.15) is 0 Å². The summed E-state index contributed by atoms with van der Waals surface area (Å²) in [5.41, 5.74) is 3.26. The molecule has 0 aliphatic carbocycles. The van der Waals surface area contributed by atoms with E-state index in [2.05, 4.69) is 15.6 Å². The lowest BCUT2D eigenvalue weighted by molar-refractivity contribution is 0.0526. The van der Waals surface area contributed by atoms with E-state index < -0.39 is 0 Å². The Morgan fingerprint density at radius 2 is 1.37 bits per heavy atom. The minimum atomic E-state index is -0.317. The molecule has 0 spiro atoms. The second-order valence-electron chi connectivity index (χ2n) is 6.59. The number of esters is 1. The Labute approximate surface area is 194 Å². The number of hydrogen-bond acceptors (Lipinski definition) is 4. The molecule has 0 radical (unpaired) electrons. The number of aliphatic imine (C=N–C) groups is 1.